The second-order valence-corrected chi connectivity index (χ2v) is 5.52. The Morgan fingerprint density at radius 2 is 2.11 bits per heavy atom. The monoisotopic (exact) mass is 313 g/mol. The molecule has 2 atom stereocenters. The number of halogens is 1. The van der Waals surface area contributed by atoms with Crippen LogP contribution in [0.25, 0.3) is 0 Å². The van der Waals surface area contributed by atoms with Gasteiger partial charge in [-0.2, -0.15) is 0 Å². The van der Waals surface area contributed by atoms with Gasteiger partial charge < -0.3 is 10.1 Å². The normalized spacial score (nSPS) is 14.2. The van der Waals surface area contributed by atoms with E-state index < -0.39 is 0 Å². The third kappa shape index (κ3) is 5.40. The lowest BCUT2D eigenvalue weighted by Gasteiger charge is -2.23. The Bertz CT molecular complexity index is 343. The number of hydrogen-bond acceptors (Lipinski definition) is 2. The Kier molecular flexibility index (Phi) is 7.36. The molecule has 1 aromatic rings. The van der Waals surface area contributed by atoms with Gasteiger partial charge in [-0.25, -0.2) is 0 Å². The molecule has 0 aliphatic heterocycles. The first-order valence-corrected chi connectivity index (χ1v) is 7.58. The van der Waals surface area contributed by atoms with E-state index in [1.165, 1.54) is 6.42 Å². The summed E-state index contributed by atoms with van der Waals surface area (Å²) >= 11 is 3.45. The van der Waals surface area contributed by atoms with E-state index in [0.29, 0.717) is 12.0 Å². The third-order valence-electron chi connectivity index (χ3n) is 3.31. The lowest BCUT2D eigenvalue weighted by atomic mass is 9.95. The van der Waals surface area contributed by atoms with Crippen LogP contribution in [0.3, 0.4) is 0 Å². The zero-order valence-electron chi connectivity index (χ0n) is 11.6. The lowest BCUT2D eigenvalue weighted by Crippen LogP contribution is -2.33. The fourth-order valence-corrected chi connectivity index (χ4v) is 2.56. The van der Waals surface area contributed by atoms with Gasteiger partial charge in [0.1, 0.15) is 5.75 Å². The quantitative estimate of drug-likeness (QED) is 0.775. The van der Waals surface area contributed by atoms with Gasteiger partial charge in [0.15, 0.2) is 0 Å². The van der Waals surface area contributed by atoms with Gasteiger partial charge in [-0.15, -0.1) is 0 Å². The van der Waals surface area contributed by atoms with Crippen molar-refractivity contribution in [3.05, 3.63) is 28.7 Å². The molecule has 0 aliphatic carbocycles. The zero-order chi connectivity index (χ0) is 13.4. The van der Waals surface area contributed by atoms with Crippen molar-refractivity contribution in [1.82, 2.24) is 5.32 Å². The molecule has 0 amide bonds. The van der Waals surface area contributed by atoms with Gasteiger partial charge in [0.2, 0.25) is 0 Å². The van der Waals surface area contributed by atoms with Crippen LogP contribution in [0.15, 0.2) is 28.7 Å². The lowest BCUT2D eigenvalue weighted by molar-refractivity contribution is 0.248. The highest BCUT2D eigenvalue weighted by Crippen LogP contribution is 2.19. The molecule has 1 N–H and O–H groups in total. The maximum Gasteiger partial charge on any atom is 0.120 e. The Labute approximate surface area is 119 Å². The van der Waals surface area contributed by atoms with E-state index in [1.54, 1.807) is 0 Å². The molecule has 0 bridgehead atoms. The molecule has 18 heavy (non-hydrogen) atoms. The van der Waals surface area contributed by atoms with Gasteiger partial charge in [-0.05, 0) is 44.0 Å². The van der Waals surface area contributed by atoms with Crippen LogP contribution >= 0.6 is 15.9 Å². The van der Waals surface area contributed by atoms with Crippen molar-refractivity contribution < 1.29 is 4.74 Å². The summed E-state index contributed by atoms with van der Waals surface area (Å²) in [6.45, 7) is 8.48. The van der Waals surface area contributed by atoms with Crippen molar-refractivity contribution in [2.45, 2.75) is 39.7 Å². The Balaban J connectivity index is 2.35. The van der Waals surface area contributed by atoms with Crippen LogP contribution in [0.1, 0.15) is 33.6 Å². The van der Waals surface area contributed by atoms with E-state index in [0.717, 1.165) is 29.8 Å². The first-order chi connectivity index (χ1) is 8.67. The van der Waals surface area contributed by atoms with Crippen LogP contribution in [0.2, 0.25) is 0 Å². The van der Waals surface area contributed by atoms with Crippen molar-refractivity contribution in [1.29, 1.82) is 0 Å². The maximum atomic E-state index is 5.79. The van der Waals surface area contributed by atoms with E-state index in [4.69, 9.17) is 4.74 Å². The topological polar surface area (TPSA) is 21.3 Å². The summed E-state index contributed by atoms with van der Waals surface area (Å²) in [6, 6.07) is 8.58. The molecule has 0 fully saturated rings. The molecule has 0 saturated heterocycles. The average molecular weight is 314 g/mol. The zero-order valence-corrected chi connectivity index (χ0v) is 13.2. The highest BCUT2D eigenvalue weighted by Gasteiger charge is 2.14. The molecular formula is C15H24BrNO. The summed E-state index contributed by atoms with van der Waals surface area (Å²) in [5.74, 6) is 1.62. The fraction of sp³-hybridized carbons (Fsp3) is 0.600. The summed E-state index contributed by atoms with van der Waals surface area (Å²) < 4.78 is 6.85. The SMILES string of the molecule is CCNC(C)C(CC)CCOc1cccc(Br)c1. The number of rotatable bonds is 8. The minimum atomic E-state index is 0.561. The number of nitrogens with one attached hydrogen (secondary N) is 1. The molecule has 2 nitrogen and oxygen atoms in total. The maximum absolute atomic E-state index is 5.79. The number of ether oxygens (including phenoxy) is 1. The van der Waals surface area contributed by atoms with Crippen LogP contribution < -0.4 is 10.1 Å². The number of benzene rings is 1. The third-order valence-corrected chi connectivity index (χ3v) is 3.80. The second kappa shape index (κ2) is 8.54. The summed E-state index contributed by atoms with van der Waals surface area (Å²) in [5.41, 5.74) is 0. The Morgan fingerprint density at radius 1 is 1.33 bits per heavy atom. The summed E-state index contributed by atoms with van der Waals surface area (Å²) in [5, 5.41) is 3.49. The van der Waals surface area contributed by atoms with Crippen molar-refractivity contribution in [3.63, 3.8) is 0 Å². The molecule has 0 spiro atoms. The fourth-order valence-electron chi connectivity index (χ4n) is 2.18. The van der Waals surface area contributed by atoms with Gasteiger partial charge in [0.05, 0.1) is 6.61 Å². The first-order valence-electron chi connectivity index (χ1n) is 6.79. The molecule has 1 rings (SSSR count). The summed E-state index contributed by atoms with van der Waals surface area (Å²) in [6.07, 6.45) is 2.28. The second-order valence-electron chi connectivity index (χ2n) is 4.61. The highest BCUT2D eigenvalue weighted by molar-refractivity contribution is 9.10. The first kappa shape index (κ1) is 15.5. The van der Waals surface area contributed by atoms with Crippen LogP contribution in [0.5, 0.6) is 5.75 Å². The van der Waals surface area contributed by atoms with Gasteiger partial charge >= 0.3 is 0 Å². The molecule has 0 saturated carbocycles. The van der Waals surface area contributed by atoms with Gasteiger partial charge in [0.25, 0.3) is 0 Å². The Hall–Kier alpha value is -0.540. The van der Waals surface area contributed by atoms with E-state index in [9.17, 15) is 0 Å². The summed E-state index contributed by atoms with van der Waals surface area (Å²) in [7, 11) is 0. The minimum absolute atomic E-state index is 0.561. The van der Waals surface area contributed by atoms with E-state index >= 15 is 0 Å². The summed E-state index contributed by atoms with van der Waals surface area (Å²) in [4.78, 5) is 0. The predicted octanol–water partition coefficient (Wildman–Crippen LogP) is 4.24. The molecule has 1 aromatic carbocycles. The molecule has 102 valence electrons. The molecule has 0 heterocycles. The molecule has 0 radical (unpaired) electrons. The van der Waals surface area contributed by atoms with Gasteiger partial charge in [0, 0.05) is 10.5 Å². The van der Waals surface area contributed by atoms with Crippen LogP contribution in [-0.2, 0) is 0 Å². The smallest absolute Gasteiger partial charge is 0.120 e. The van der Waals surface area contributed by atoms with Gasteiger partial charge in [-0.1, -0.05) is 42.3 Å². The Morgan fingerprint density at radius 3 is 2.72 bits per heavy atom. The minimum Gasteiger partial charge on any atom is -0.494 e. The molecular weight excluding hydrogens is 290 g/mol. The molecule has 2 unspecified atom stereocenters. The van der Waals surface area contributed by atoms with Gasteiger partial charge in [-0.3, -0.25) is 0 Å². The van der Waals surface area contributed by atoms with E-state index in [1.807, 2.05) is 24.3 Å². The molecule has 0 aliphatic rings. The van der Waals surface area contributed by atoms with Crippen LogP contribution in [0.4, 0.5) is 0 Å². The largest absolute Gasteiger partial charge is 0.494 e. The van der Waals surface area contributed by atoms with Crippen molar-refractivity contribution in [2.24, 2.45) is 5.92 Å². The standard InChI is InChI=1S/C15H24BrNO/c1-4-13(12(3)17-5-2)9-10-18-15-8-6-7-14(16)11-15/h6-8,11-13,17H,4-5,9-10H2,1-3H3. The predicted molar refractivity (Wildman–Crippen MR) is 81.2 cm³/mol. The van der Waals surface area contributed by atoms with Crippen molar-refractivity contribution in [2.75, 3.05) is 13.2 Å². The van der Waals surface area contributed by atoms with Crippen LogP contribution in [-0.4, -0.2) is 19.2 Å². The average Bonchev–Trinajstić information content (AvgIpc) is 2.35. The van der Waals surface area contributed by atoms with E-state index in [2.05, 4.69) is 42.0 Å². The molecule has 0 aromatic heterocycles. The highest BCUT2D eigenvalue weighted by atomic mass is 79.9. The number of hydrogen-bond donors (Lipinski definition) is 1. The van der Waals surface area contributed by atoms with Crippen molar-refractivity contribution in [3.8, 4) is 5.75 Å². The van der Waals surface area contributed by atoms with Crippen molar-refractivity contribution >= 4 is 15.9 Å². The van der Waals surface area contributed by atoms with Crippen LogP contribution in [0, 0.1) is 5.92 Å². The van der Waals surface area contributed by atoms with E-state index in [-0.39, 0.29) is 0 Å². The molecule has 3 heteroatoms.